The number of phenols is 3. The van der Waals surface area contributed by atoms with Crippen LogP contribution in [0.3, 0.4) is 0 Å². The van der Waals surface area contributed by atoms with Crippen molar-refractivity contribution in [2.24, 2.45) is 0 Å². The van der Waals surface area contributed by atoms with E-state index in [2.05, 4.69) is 9.88 Å². The van der Waals surface area contributed by atoms with Crippen molar-refractivity contribution in [3.63, 3.8) is 0 Å². The number of hydrogen-bond donors (Lipinski definition) is 3. The Bertz CT molecular complexity index is 736. The Labute approximate surface area is 134 Å². The van der Waals surface area contributed by atoms with Gasteiger partial charge in [-0.2, -0.15) is 0 Å². The van der Waals surface area contributed by atoms with Crippen molar-refractivity contribution in [3.8, 4) is 17.2 Å². The summed E-state index contributed by atoms with van der Waals surface area (Å²) in [5.41, 5.74) is 2.66. The molecule has 1 fully saturated rings. The zero-order valence-electron chi connectivity index (χ0n) is 12.7. The molecule has 120 valence electrons. The molecule has 0 unspecified atom stereocenters. The molecule has 1 aliphatic heterocycles. The van der Waals surface area contributed by atoms with Gasteiger partial charge < -0.3 is 15.3 Å². The van der Waals surface area contributed by atoms with E-state index in [-0.39, 0.29) is 17.2 Å². The number of nitrogens with zero attached hydrogens (tertiary/aromatic N) is 3. The van der Waals surface area contributed by atoms with E-state index < -0.39 is 0 Å². The monoisotopic (exact) mass is 313 g/mol. The van der Waals surface area contributed by atoms with Gasteiger partial charge in [0.15, 0.2) is 0 Å². The van der Waals surface area contributed by atoms with Crippen LogP contribution in [-0.2, 0) is 19.5 Å². The van der Waals surface area contributed by atoms with Gasteiger partial charge in [-0.15, -0.1) is 0 Å². The van der Waals surface area contributed by atoms with Crippen LogP contribution >= 0.6 is 0 Å². The van der Waals surface area contributed by atoms with Gasteiger partial charge in [0.05, 0.1) is 0 Å². The molecule has 2 heterocycles. The minimum atomic E-state index is -0.145. The van der Waals surface area contributed by atoms with Gasteiger partial charge in [0.1, 0.15) is 23.1 Å². The van der Waals surface area contributed by atoms with E-state index in [9.17, 15) is 15.3 Å². The smallest absolute Gasteiger partial charge is 0.131 e. The van der Waals surface area contributed by atoms with Gasteiger partial charge in [-0.1, -0.05) is 0 Å². The van der Waals surface area contributed by atoms with Gasteiger partial charge in [-0.05, 0) is 12.8 Å². The summed E-state index contributed by atoms with van der Waals surface area (Å²) < 4.78 is 0. The van der Waals surface area contributed by atoms with Gasteiger partial charge in [0, 0.05) is 67.1 Å². The highest BCUT2D eigenvalue weighted by Crippen LogP contribution is 2.38. The topological polar surface area (TPSA) is 89.7 Å². The zero-order valence-corrected chi connectivity index (χ0v) is 12.7. The number of benzene rings is 1. The van der Waals surface area contributed by atoms with Crippen LogP contribution in [0.5, 0.6) is 17.2 Å². The lowest BCUT2D eigenvalue weighted by atomic mass is 10.1. The molecule has 1 saturated carbocycles. The maximum atomic E-state index is 9.93. The molecule has 0 atom stereocenters. The quantitative estimate of drug-likeness (QED) is 0.803. The van der Waals surface area contributed by atoms with E-state index in [0.717, 1.165) is 30.0 Å². The lowest BCUT2D eigenvalue weighted by Crippen LogP contribution is -2.31. The first kappa shape index (κ1) is 14.3. The van der Waals surface area contributed by atoms with E-state index in [0.29, 0.717) is 24.6 Å². The summed E-state index contributed by atoms with van der Waals surface area (Å²) in [6.45, 7) is 1.93. The van der Waals surface area contributed by atoms with E-state index >= 15 is 0 Å². The van der Waals surface area contributed by atoms with E-state index in [1.165, 1.54) is 25.0 Å². The third-order valence-electron chi connectivity index (χ3n) is 4.54. The summed E-state index contributed by atoms with van der Waals surface area (Å²) in [5.74, 6) is 1.21. The summed E-state index contributed by atoms with van der Waals surface area (Å²) >= 11 is 0. The molecule has 1 aliphatic carbocycles. The molecule has 6 heteroatoms. The molecule has 0 bridgehead atoms. The predicted octanol–water partition coefficient (Wildman–Crippen LogP) is 2.03. The van der Waals surface area contributed by atoms with E-state index in [4.69, 9.17) is 4.98 Å². The number of phenolic OH excluding ortho intramolecular Hbond substituents is 3. The molecule has 6 nitrogen and oxygen atoms in total. The van der Waals surface area contributed by atoms with Crippen LogP contribution in [-0.4, -0.2) is 36.7 Å². The summed E-state index contributed by atoms with van der Waals surface area (Å²) in [5, 5.41) is 29.2. The first-order chi connectivity index (χ1) is 11.1. The Kier molecular flexibility index (Phi) is 3.34. The van der Waals surface area contributed by atoms with Crippen molar-refractivity contribution in [2.75, 3.05) is 6.54 Å². The highest BCUT2D eigenvalue weighted by molar-refractivity contribution is 5.48. The normalized spacial score (nSPS) is 17.9. The van der Waals surface area contributed by atoms with Crippen LogP contribution in [0, 0.1) is 0 Å². The van der Waals surface area contributed by atoms with Crippen LogP contribution in [0.4, 0.5) is 0 Å². The minimum Gasteiger partial charge on any atom is -0.508 e. The molecule has 0 amide bonds. The first-order valence-electron chi connectivity index (χ1n) is 7.91. The predicted molar refractivity (Wildman–Crippen MR) is 83.3 cm³/mol. The molecule has 0 spiro atoms. The summed E-state index contributed by atoms with van der Waals surface area (Å²) in [7, 11) is 0. The van der Waals surface area contributed by atoms with Gasteiger partial charge in [0.25, 0.3) is 0 Å². The van der Waals surface area contributed by atoms with Crippen molar-refractivity contribution in [1.29, 1.82) is 0 Å². The van der Waals surface area contributed by atoms with Crippen molar-refractivity contribution >= 4 is 0 Å². The van der Waals surface area contributed by atoms with Crippen LogP contribution in [0.2, 0.25) is 0 Å². The van der Waals surface area contributed by atoms with Gasteiger partial charge in [-0.25, -0.2) is 9.97 Å². The Morgan fingerprint density at radius 1 is 1.13 bits per heavy atom. The van der Waals surface area contributed by atoms with Gasteiger partial charge in [-0.3, -0.25) is 4.90 Å². The highest BCUT2D eigenvalue weighted by atomic mass is 16.3. The number of aromatic hydroxyl groups is 3. The molecule has 2 aromatic rings. The second-order valence-corrected chi connectivity index (χ2v) is 6.40. The third-order valence-corrected chi connectivity index (χ3v) is 4.54. The van der Waals surface area contributed by atoms with E-state index in [1.807, 2.05) is 6.20 Å². The van der Waals surface area contributed by atoms with Crippen LogP contribution < -0.4 is 0 Å². The third kappa shape index (κ3) is 2.82. The SMILES string of the molecule is Oc1cc(O)c(CN2CCc3nc(C4CC4)ncc3C2)c(O)c1. The molecule has 3 N–H and O–H groups in total. The molecule has 1 aromatic heterocycles. The first-order valence-corrected chi connectivity index (χ1v) is 7.91. The van der Waals surface area contributed by atoms with Crippen LogP contribution in [0.25, 0.3) is 0 Å². The molecule has 4 rings (SSSR count). The minimum absolute atomic E-state index is 0.0892. The molecular formula is C17H19N3O3. The Hall–Kier alpha value is -2.34. The van der Waals surface area contributed by atoms with Crippen LogP contribution in [0.15, 0.2) is 18.3 Å². The van der Waals surface area contributed by atoms with Crippen molar-refractivity contribution in [2.45, 2.75) is 38.3 Å². The lowest BCUT2D eigenvalue weighted by molar-refractivity contribution is 0.236. The van der Waals surface area contributed by atoms with Gasteiger partial charge in [0.2, 0.25) is 0 Å². The molecule has 0 saturated heterocycles. The standard InChI is InChI=1S/C17H19N3O3/c21-12-5-15(22)13(16(23)6-12)9-20-4-3-14-11(8-20)7-18-17(19-14)10-1-2-10/h5-7,10,21-23H,1-4,8-9H2. The second kappa shape index (κ2) is 5.38. The summed E-state index contributed by atoms with van der Waals surface area (Å²) in [6, 6.07) is 2.50. The van der Waals surface area contributed by atoms with Crippen LogP contribution in [0.1, 0.15) is 41.4 Å². The number of fused-ring (bicyclic) bond motifs is 1. The number of hydrogen-bond acceptors (Lipinski definition) is 6. The molecule has 0 radical (unpaired) electrons. The summed E-state index contributed by atoms with van der Waals surface area (Å²) in [6.07, 6.45) is 5.16. The maximum Gasteiger partial charge on any atom is 0.131 e. The average molecular weight is 313 g/mol. The zero-order chi connectivity index (χ0) is 16.0. The number of aromatic nitrogens is 2. The number of rotatable bonds is 3. The fraction of sp³-hybridized carbons (Fsp3) is 0.412. The lowest BCUT2D eigenvalue weighted by Gasteiger charge is -2.28. The summed E-state index contributed by atoms with van der Waals surface area (Å²) in [4.78, 5) is 11.3. The fourth-order valence-corrected chi connectivity index (χ4v) is 3.08. The largest absolute Gasteiger partial charge is 0.508 e. The average Bonchev–Trinajstić information content (AvgIpc) is 3.35. The van der Waals surface area contributed by atoms with Crippen molar-refractivity contribution in [1.82, 2.24) is 14.9 Å². The highest BCUT2D eigenvalue weighted by Gasteiger charge is 2.28. The molecule has 23 heavy (non-hydrogen) atoms. The molecule has 2 aliphatic rings. The Balaban J connectivity index is 1.52. The molecule has 1 aromatic carbocycles. The second-order valence-electron chi connectivity index (χ2n) is 6.40. The fourth-order valence-electron chi connectivity index (χ4n) is 3.08. The van der Waals surface area contributed by atoms with Crippen molar-refractivity contribution in [3.05, 3.63) is 41.0 Å². The van der Waals surface area contributed by atoms with Gasteiger partial charge >= 0.3 is 0 Å². The Morgan fingerprint density at radius 2 is 1.87 bits per heavy atom. The molecular weight excluding hydrogens is 294 g/mol. The van der Waals surface area contributed by atoms with Crippen molar-refractivity contribution < 1.29 is 15.3 Å². The maximum absolute atomic E-state index is 9.93. The van der Waals surface area contributed by atoms with E-state index in [1.54, 1.807) is 0 Å². The Morgan fingerprint density at radius 3 is 2.57 bits per heavy atom.